The Hall–Kier alpha value is -2.37. The molecule has 1 heterocycles. The third-order valence-electron chi connectivity index (χ3n) is 5.50. The largest absolute Gasteiger partial charge is 0.325 e. The first-order chi connectivity index (χ1) is 12.4. The van der Waals surface area contributed by atoms with Crippen molar-refractivity contribution in [3.05, 3.63) is 29.3 Å². The number of para-hydroxylation sites is 1. The predicted molar refractivity (Wildman–Crippen MR) is 99.8 cm³/mol. The summed E-state index contributed by atoms with van der Waals surface area (Å²) in [6.45, 7) is 3.58. The van der Waals surface area contributed by atoms with Crippen LogP contribution in [0.2, 0.25) is 0 Å². The van der Waals surface area contributed by atoms with E-state index >= 15 is 0 Å². The van der Waals surface area contributed by atoms with Gasteiger partial charge in [-0.3, -0.25) is 14.5 Å². The van der Waals surface area contributed by atoms with Gasteiger partial charge in [0.05, 0.1) is 0 Å². The molecule has 1 saturated heterocycles. The second-order valence-electron chi connectivity index (χ2n) is 7.49. The normalized spacial score (nSPS) is 19.8. The van der Waals surface area contributed by atoms with E-state index in [2.05, 4.69) is 10.6 Å². The Morgan fingerprint density at radius 2 is 1.65 bits per heavy atom. The molecule has 1 saturated carbocycles. The van der Waals surface area contributed by atoms with Crippen LogP contribution >= 0.6 is 0 Å². The van der Waals surface area contributed by atoms with Crippen molar-refractivity contribution < 1.29 is 14.4 Å². The fraction of sp³-hybridized carbons (Fsp3) is 0.550. The van der Waals surface area contributed by atoms with Gasteiger partial charge in [0.2, 0.25) is 5.91 Å². The smallest absolute Gasteiger partial charge is 0.324 e. The van der Waals surface area contributed by atoms with Gasteiger partial charge in [-0.2, -0.15) is 0 Å². The molecule has 1 aromatic carbocycles. The minimum atomic E-state index is -0.809. The number of anilines is 1. The van der Waals surface area contributed by atoms with Crippen LogP contribution in [0.1, 0.15) is 56.1 Å². The lowest BCUT2D eigenvalue weighted by Gasteiger charge is -2.28. The molecule has 1 aliphatic heterocycles. The van der Waals surface area contributed by atoms with Gasteiger partial charge in [-0.25, -0.2) is 4.79 Å². The number of imide groups is 1. The Balaban J connectivity index is 1.70. The molecule has 2 N–H and O–H groups in total. The van der Waals surface area contributed by atoms with E-state index in [1.165, 1.54) is 6.42 Å². The van der Waals surface area contributed by atoms with Crippen molar-refractivity contribution in [1.29, 1.82) is 0 Å². The third-order valence-corrected chi connectivity index (χ3v) is 5.50. The molecule has 140 valence electrons. The van der Waals surface area contributed by atoms with Crippen LogP contribution in [0.15, 0.2) is 18.2 Å². The summed E-state index contributed by atoms with van der Waals surface area (Å²) in [5.41, 5.74) is 1.83. The Morgan fingerprint density at radius 1 is 1.08 bits per heavy atom. The first-order valence-electron chi connectivity index (χ1n) is 9.43. The van der Waals surface area contributed by atoms with Crippen molar-refractivity contribution >= 4 is 23.5 Å². The number of hydrogen-bond acceptors (Lipinski definition) is 3. The Kier molecular flexibility index (Phi) is 5.30. The summed E-state index contributed by atoms with van der Waals surface area (Å²) < 4.78 is 0. The average molecular weight is 357 g/mol. The van der Waals surface area contributed by atoms with Crippen LogP contribution in [0.25, 0.3) is 0 Å². The highest BCUT2D eigenvalue weighted by Crippen LogP contribution is 2.32. The van der Waals surface area contributed by atoms with E-state index in [4.69, 9.17) is 0 Å². The van der Waals surface area contributed by atoms with Crippen molar-refractivity contribution in [3.8, 4) is 0 Å². The standard InChI is InChI=1S/C20H27N3O3/c1-14-9-8-10-15(2)17(14)21-16(24)13-23-18(25)20(22-19(23)26)11-6-4-3-5-7-12-20/h8-10H,3-7,11-13H2,1-2H3,(H,21,24)(H,22,26). The maximum absolute atomic E-state index is 12.9. The Labute approximate surface area is 154 Å². The van der Waals surface area contributed by atoms with Crippen molar-refractivity contribution in [2.45, 2.75) is 64.3 Å². The van der Waals surface area contributed by atoms with E-state index in [1.54, 1.807) is 0 Å². The van der Waals surface area contributed by atoms with Crippen LogP contribution < -0.4 is 10.6 Å². The van der Waals surface area contributed by atoms with Gasteiger partial charge < -0.3 is 10.6 Å². The first kappa shape index (κ1) is 18.4. The maximum Gasteiger partial charge on any atom is 0.325 e. The summed E-state index contributed by atoms with van der Waals surface area (Å²) in [5, 5.41) is 5.73. The van der Waals surface area contributed by atoms with Gasteiger partial charge in [0.25, 0.3) is 5.91 Å². The minimum Gasteiger partial charge on any atom is -0.324 e. The topological polar surface area (TPSA) is 78.5 Å². The summed E-state index contributed by atoms with van der Waals surface area (Å²) in [4.78, 5) is 38.9. The lowest BCUT2D eigenvalue weighted by molar-refractivity contribution is -0.134. The van der Waals surface area contributed by atoms with Crippen LogP contribution in [0.4, 0.5) is 10.5 Å². The molecule has 6 heteroatoms. The summed E-state index contributed by atoms with van der Waals surface area (Å²) in [6.07, 6.45) is 6.51. The van der Waals surface area contributed by atoms with Crippen molar-refractivity contribution in [2.24, 2.45) is 0 Å². The highest BCUT2D eigenvalue weighted by atomic mass is 16.2. The molecule has 0 radical (unpaired) electrons. The third kappa shape index (κ3) is 3.59. The zero-order valence-corrected chi connectivity index (χ0v) is 15.6. The fourth-order valence-corrected chi connectivity index (χ4v) is 4.00. The van der Waals surface area contributed by atoms with E-state index < -0.39 is 11.6 Å². The second-order valence-corrected chi connectivity index (χ2v) is 7.49. The molecule has 0 aromatic heterocycles. The lowest BCUT2D eigenvalue weighted by Crippen LogP contribution is -2.47. The van der Waals surface area contributed by atoms with Crippen LogP contribution in [-0.2, 0) is 9.59 Å². The van der Waals surface area contributed by atoms with Gasteiger partial charge in [-0.15, -0.1) is 0 Å². The Bertz CT molecular complexity index is 701. The highest BCUT2D eigenvalue weighted by Gasteiger charge is 2.50. The van der Waals surface area contributed by atoms with Crippen LogP contribution in [0.5, 0.6) is 0 Å². The quantitative estimate of drug-likeness (QED) is 0.815. The van der Waals surface area contributed by atoms with Crippen LogP contribution in [-0.4, -0.2) is 34.8 Å². The summed E-state index contributed by atoms with van der Waals surface area (Å²) in [6, 6.07) is 5.31. The van der Waals surface area contributed by atoms with E-state index in [-0.39, 0.29) is 18.4 Å². The molecular formula is C20H27N3O3. The van der Waals surface area contributed by atoms with E-state index in [1.807, 2.05) is 32.0 Å². The number of carbonyl (C=O) groups is 3. The molecule has 0 unspecified atom stereocenters. The van der Waals surface area contributed by atoms with Gasteiger partial charge in [0, 0.05) is 5.69 Å². The molecule has 1 spiro atoms. The number of nitrogens with zero attached hydrogens (tertiary/aromatic N) is 1. The van der Waals surface area contributed by atoms with Crippen molar-refractivity contribution in [1.82, 2.24) is 10.2 Å². The molecule has 2 fully saturated rings. The molecule has 0 atom stereocenters. The number of rotatable bonds is 3. The predicted octanol–water partition coefficient (Wildman–Crippen LogP) is 3.28. The number of nitrogens with one attached hydrogen (secondary N) is 2. The van der Waals surface area contributed by atoms with Gasteiger partial charge in [-0.1, -0.05) is 50.3 Å². The van der Waals surface area contributed by atoms with Gasteiger partial charge in [0.15, 0.2) is 0 Å². The maximum atomic E-state index is 12.9. The summed E-state index contributed by atoms with van der Waals surface area (Å²) in [5.74, 6) is -0.602. The van der Waals surface area contributed by atoms with E-state index in [9.17, 15) is 14.4 Å². The van der Waals surface area contributed by atoms with Crippen molar-refractivity contribution in [3.63, 3.8) is 0 Å². The summed E-state index contributed by atoms with van der Waals surface area (Å²) >= 11 is 0. The molecule has 0 bridgehead atoms. The van der Waals surface area contributed by atoms with Crippen LogP contribution in [0.3, 0.4) is 0 Å². The highest BCUT2D eigenvalue weighted by molar-refractivity contribution is 6.10. The van der Waals surface area contributed by atoms with Gasteiger partial charge in [-0.05, 0) is 37.8 Å². The summed E-state index contributed by atoms with van der Waals surface area (Å²) in [7, 11) is 0. The first-order valence-corrected chi connectivity index (χ1v) is 9.43. The fourth-order valence-electron chi connectivity index (χ4n) is 4.00. The molecule has 1 aliphatic carbocycles. The van der Waals surface area contributed by atoms with Crippen molar-refractivity contribution in [2.75, 3.05) is 11.9 Å². The minimum absolute atomic E-state index is 0.249. The zero-order chi connectivity index (χ0) is 18.7. The molecular weight excluding hydrogens is 330 g/mol. The Morgan fingerprint density at radius 3 is 2.27 bits per heavy atom. The lowest BCUT2D eigenvalue weighted by atomic mass is 9.84. The molecule has 26 heavy (non-hydrogen) atoms. The van der Waals surface area contributed by atoms with E-state index in [0.717, 1.165) is 47.4 Å². The number of urea groups is 1. The average Bonchev–Trinajstić information content (AvgIpc) is 2.80. The number of amides is 4. The van der Waals surface area contributed by atoms with E-state index in [0.29, 0.717) is 12.8 Å². The number of carbonyl (C=O) groups excluding carboxylic acids is 3. The number of aryl methyl sites for hydroxylation is 2. The monoisotopic (exact) mass is 357 g/mol. The molecule has 2 aliphatic rings. The number of hydrogen-bond donors (Lipinski definition) is 2. The SMILES string of the molecule is Cc1cccc(C)c1NC(=O)CN1C(=O)NC2(CCCCCCC2)C1=O. The van der Waals surface area contributed by atoms with Crippen LogP contribution in [0, 0.1) is 13.8 Å². The van der Waals surface area contributed by atoms with Gasteiger partial charge in [0.1, 0.15) is 12.1 Å². The molecule has 1 aromatic rings. The molecule has 6 nitrogen and oxygen atoms in total. The zero-order valence-electron chi connectivity index (χ0n) is 15.6. The molecule has 4 amide bonds. The number of benzene rings is 1. The molecule has 3 rings (SSSR count). The van der Waals surface area contributed by atoms with Gasteiger partial charge >= 0.3 is 6.03 Å². The second kappa shape index (κ2) is 7.48.